The Bertz CT molecular complexity index is 1100. The van der Waals surface area contributed by atoms with Crippen molar-refractivity contribution in [1.29, 1.82) is 0 Å². The molecule has 0 aromatic heterocycles. The Morgan fingerprint density at radius 3 is 1.01 bits per heavy atom. The second kappa shape index (κ2) is 63.1. The van der Waals surface area contributed by atoms with Crippen molar-refractivity contribution in [3.05, 3.63) is 12.2 Å². The molecule has 0 spiro atoms. The summed E-state index contributed by atoms with van der Waals surface area (Å²) in [6, 6.07) is -0.538. The minimum atomic E-state index is -0.661. The minimum absolute atomic E-state index is 0.00836. The Balaban J connectivity index is 3.34. The molecule has 2 unspecified atom stereocenters. The van der Waals surface area contributed by atoms with Gasteiger partial charge in [-0.3, -0.25) is 9.59 Å². The van der Waals surface area contributed by atoms with Gasteiger partial charge in [-0.25, -0.2) is 0 Å². The molecule has 0 aliphatic heterocycles. The number of amides is 1. The van der Waals surface area contributed by atoms with Gasteiger partial charge in [-0.2, -0.15) is 0 Å². The number of esters is 1. The fraction of sp³-hybridized carbons (Fsp3) is 0.940. The standard InChI is InChI=1S/C67H131NO5/c1-3-5-7-9-11-13-15-16-17-30-33-36-40-43-47-51-55-59-65(70)64(63-69)68-66(71)60-56-52-48-44-41-37-34-31-28-26-24-22-20-18-19-21-23-25-27-29-32-35-38-42-46-50-54-58-62-73-67(72)61-57-53-49-45-39-14-12-10-8-6-4-2/h10,12,64-65,69-70H,3-9,11,13-63H2,1-2H3,(H,68,71)/b12-10-. The summed E-state index contributed by atoms with van der Waals surface area (Å²) in [5.74, 6) is -0.0198. The molecule has 0 saturated carbocycles. The first kappa shape index (κ1) is 71.6. The van der Waals surface area contributed by atoms with E-state index >= 15 is 0 Å². The maximum atomic E-state index is 12.5. The van der Waals surface area contributed by atoms with E-state index in [1.165, 1.54) is 302 Å². The van der Waals surface area contributed by atoms with Crippen LogP contribution in [-0.4, -0.2) is 47.4 Å². The summed E-state index contributed by atoms with van der Waals surface area (Å²) in [5.41, 5.74) is 0. The van der Waals surface area contributed by atoms with Crippen LogP contribution < -0.4 is 5.32 Å². The molecule has 434 valence electrons. The lowest BCUT2D eigenvalue weighted by atomic mass is 10.0. The molecule has 1 amide bonds. The molecule has 0 heterocycles. The highest BCUT2D eigenvalue weighted by Crippen LogP contribution is 2.19. The summed E-state index contributed by atoms with van der Waals surface area (Å²) in [6.07, 6.45) is 76.8. The summed E-state index contributed by atoms with van der Waals surface area (Å²) in [7, 11) is 0. The first-order valence-corrected chi connectivity index (χ1v) is 33.4. The molecular formula is C67H131NO5. The SMILES string of the molecule is CCCC/C=C\CCCCCCCC(=O)OCCCCCCCCCCCCCCCCCCCCCCCCCCCCCCC(=O)NC(CO)C(O)CCCCCCCCCCCCCCCCCCC. The molecule has 2 atom stereocenters. The average Bonchev–Trinajstić information content (AvgIpc) is 3.39. The Morgan fingerprint density at radius 2 is 0.658 bits per heavy atom. The van der Waals surface area contributed by atoms with Crippen LogP contribution in [0.1, 0.15) is 380 Å². The van der Waals surface area contributed by atoms with Crippen LogP contribution in [0.5, 0.6) is 0 Å². The third-order valence-corrected chi connectivity index (χ3v) is 15.8. The molecule has 73 heavy (non-hydrogen) atoms. The minimum Gasteiger partial charge on any atom is -0.466 e. The monoisotopic (exact) mass is 1030 g/mol. The Labute approximate surface area is 457 Å². The van der Waals surface area contributed by atoms with Gasteiger partial charge in [0.05, 0.1) is 25.4 Å². The van der Waals surface area contributed by atoms with E-state index in [-0.39, 0.29) is 18.5 Å². The second-order valence-corrected chi connectivity index (χ2v) is 23.2. The van der Waals surface area contributed by atoms with Gasteiger partial charge in [0.1, 0.15) is 0 Å². The third kappa shape index (κ3) is 59.7. The van der Waals surface area contributed by atoms with Crippen molar-refractivity contribution in [2.45, 2.75) is 392 Å². The van der Waals surface area contributed by atoms with Gasteiger partial charge in [0.25, 0.3) is 0 Å². The van der Waals surface area contributed by atoms with Crippen molar-refractivity contribution in [3.8, 4) is 0 Å². The van der Waals surface area contributed by atoms with Gasteiger partial charge >= 0.3 is 5.97 Å². The van der Waals surface area contributed by atoms with Crippen molar-refractivity contribution in [2.24, 2.45) is 0 Å². The van der Waals surface area contributed by atoms with Gasteiger partial charge in [0.15, 0.2) is 0 Å². The van der Waals surface area contributed by atoms with E-state index in [4.69, 9.17) is 4.74 Å². The van der Waals surface area contributed by atoms with Crippen LogP contribution in [0.4, 0.5) is 0 Å². The number of hydrogen-bond donors (Lipinski definition) is 3. The zero-order valence-corrected chi connectivity index (χ0v) is 49.6. The quantitative estimate of drug-likeness (QED) is 0.0320. The lowest BCUT2D eigenvalue weighted by molar-refractivity contribution is -0.143. The first-order valence-electron chi connectivity index (χ1n) is 33.4. The van der Waals surface area contributed by atoms with Gasteiger partial charge in [-0.05, 0) is 44.9 Å². The molecule has 6 heteroatoms. The van der Waals surface area contributed by atoms with E-state index in [0.29, 0.717) is 25.9 Å². The van der Waals surface area contributed by atoms with Crippen LogP contribution in [0, 0.1) is 0 Å². The number of carbonyl (C=O) groups excluding carboxylic acids is 2. The lowest BCUT2D eigenvalue weighted by Crippen LogP contribution is -2.45. The largest absolute Gasteiger partial charge is 0.466 e. The smallest absolute Gasteiger partial charge is 0.305 e. The number of ether oxygens (including phenoxy) is 1. The number of nitrogens with one attached hydrogen (secondary N) is 1. The van der Waals surface area contributed by atoms with E-state index in [0.717, 1.165) is 44.9 Å². The summed E-state index contributed by atoms with van der Waals surface area (Å²) in [5, 5.41) is 23.4. The number of carbonyl (C=O) groups is 2. The predicted molar refractivity (Wildman–Crippen MR) is 320 cm³/mol. The van der Waals surface area contributed by atoms with Crippen molar-refractivity contribution in [2.75, 3.05) is 13.2 Å². The average molecular weight is 1030 g/mol. The molecule has 0 aromatic carbocycles. The summed E-state index contributed by atoms with van der Waals surface area (Å²) >= 11 is 0. The van der Waals surface area contributed by atoms with Gasteiger partial charge in [0.2, 0.25) is 5.91 Å². The van der Waals surface area contributed by atoms with Gasteiger partial charge < -0.3 is 20.3 Å². The van der Waals surface area contributed by atoms with Crippen LogP contribution in [0.15, 0.2) is 12.2 Å². The Morgan fingerprint density at radius 1 is 0.370 bits per heavy atom. The van der Waals surface area contributed by atoms with Crippen LogP contribution in [0.3, 0.4) is 0 Å². The number of rotatable bonds is 63. The maximum Gasteiger partial charge on any atom is 0.305 e. The molecule has 6 nitrogen and oxygen atoms in total. The van der Waals surface area contributed by atoms with E-state index < -0.39 is 12.1 Å². The van der Waals surface area contributed by atoms with Gasteiger partial charge in [0, 0.05) is 12.8 Å². The highest BCUT2D eigenvalue weighted by Gasteiger charge is 2.20. The van der Waals surface area contributed by atoms with Crippen LogP contribution in [-0.2, 0) is 14.3 Å². The molecular weight excluding hydrogens is 899 g/mol. The summed E-state index contributed by atoms with van der Waals surface area (Å²) < 4.78 is 5.47. The Kier molecular flexibility index (Phi) is 61.9. The van der Waals surface area contributed by atoms with Gasteiger partial charge in [-0.1, -0.05) is 334 Å². The second-order valence-electron chi connectivity index (χ2n) is 23.2. The van der Waals surface area contributed by atoms with Crippen molar-refractivity contribution in [1.82, 2.24) is 5.32 Å². The van der Waals surface area contributed by atoms with Gasteiger partial charge in [-0.15, -0.1) is 0 Å². The number of aliphatic hydroxyl groups excluding tert-OH is 2. The van der Waals surface area contributed by atoms with Crippen molar-refractivity contribution < 1.29 is 24.5 Å². The maximum absolute atomic E-state index is 12.5. The summed E-state index contributed by atoms with van der Waals surface area (Å²) in [4.78, 5) is 24.5. The van der Waals surface area contributed by atoms with Crippen LogP contribution >= 0.6 is 0 Å². The molecule has 3 N–H and O–H groups in total. The van der Waals surface area contributed by atoms with Crippen LogP contribution in [0.25, 0.3) is 0 Å². The molecule has 0 fully saturated rings. The third-order valence-electron chi connectivity index (χ3n) is 15.8. The molecule has 0 aliphatic rings. The number of hydrogen-bond acceptors (Lipinski definition) is 5. The molecule has 0 aromatic rings. The summed E-state index contributed by atoms with van der Waals surface area (Å²) in [6.45, 7) is 4.95. The fourth-order valence-corrected chi connectivity index (χ4v) is 10.7. The number of unbranched alkanes of at least 4 members (excludes halogenated alkanes) is 50. The van der Waals surface area contributed by atoms with Crippen LogP contribution in [0.2, 0.25) is 0 Å². The number of allylic oxidation sites excluding steroid dienone is 2. The highest BCUT2D eigenvalue weighted by molar-refractivity contribution is 5.76. The zero-order valence-electron chi connectivity index (χ0n) is 49.6. The number of aliphatic hydroxyl groups is 2. The lowest BCUT2D eigenvalue weighted by Gasteiger charge is -2.22. The first-order chi connectivity index (χ1) is 36.0. The fourth-order valence-electron chi connectivity index (χ4n) is 10.7. The zero-order chi connectivity index (χ0) is 52.9. The van der Waals surface area contributed by atoms with Crippen molar-refractivity contribution in [3.63, 3.8) is 0 Å². The molecule has 0 aliphatic carbocycles. The molecule has 0 bridgehead atoms. The Hall–Kier alpha value is -1.40. The molecule has 0 saturated heterocycles. The van der Waals surface area contributed by atoms with Crippen molar-refractivity contribution >= 4 is 11.9 Å². The predicted octanol–water partition coefficient (Wildman–Crippen LogP) is 21.2. The van der Waals surface area contributed by atoms with E-state index in [9.17, 15) is 19.8 Å². The van der Waals surface area contributed by atoms with E-state index in [1.54, 1.807) is 0 Å². The normalized spacial score (nSPS) is 12.5. The van der Waals surface area contributed by atoms with E-state index in [2.05, 4.69) is 31.3 Å². The molecule has 0 rings (SSSR count). The molecule has 0 radical (unpaired) electrons. The topological polar surface area (TPSA) is 95.9 Å². The highest BCUT2D eigenvalue weighted by atomic mass is 16.5. The van der Waals surface area contributed by atoms with E-state index in [1.807, 2.05) is 0 Å².